The minimum atomic E-state index is -0.610. The summed E-state index contributed by atoms with van der Waals surface area (Å²) in [5, 5.41) is 0. The molecule has 0 aliphatic rings. The second kappa shape index (κ2) is 9.81. The van der Waals surface area contributed by atoms with Crippen LogP contribution in [0.5, 0.6) is 0 Å². The van der Waals surface area contributed by atoms with Gasteiger partial charge >= 0.3 is 20.4 Å². The van der Waals surface area contributed by atoms with E-state index in [4.69, 9.17) is 11.6 Å². The summed E-state index contributed by atoms with van der Waals surface area (Å²) >= 11 is 5.96. The molecule has 0 saturated carbocycles. The van der Waals surface area contributed by atoms with E-state index in [1.165, 1.54) is 13.8 Å². The van der Waals surface area contributed by atoms with E-state index in [9.17, 15) is 14.4 Å². The number of aromatic nitrogens is 2. The quantitative estimate of drug-likeness (QED) is 0.325. The maximum atomic E-state index is 13.0. The molecule has 0 aromatic carbocycles. The number of pyridine rings is 2. The summed E-state index contributed by atoms with van der Waals surface area (Å²) in [7, 11) is 0. The van der Waals surface area contributed by atoms with Gasteiger partial charge in [-0.3, -0.25) is 19.4 Å². The van der Waals surface area contributed by atoms with Crippen LogP contribution in [-0.4, -0.2) is 33.2 Å². The fourth-order valence-electron chi connectivity index (χ4n) is 3.48. The number of alkyl halides is 1. The molecule has 5 nitrogen and oxygen atoms in total. The van der Waals surface area contributed by atoms with E-state index in [1.54, 1.807) is 6.20 Å². The summed E-state index contributed by atoms with van der Waals surface area (Å²) in [6.07, 6.45) is 1.66. The van der Waals surface area contributed by atoms with Crippen LogP contribution in [0.3, 0.4) is 0 Å². The molecule has 0 amide bonds. The Bertz CT molecular complexity index is 1030. The normalized spacial score (nSPS) is 11.6. The van der Waals surface area contributed by atoms with Crippen LogP contribution in [0.25, 0.3) is 11.4 Å². The Morgan fingerprint density at radius 2 is 1.52 bits per heavy atom. The number of rotatable bonds is 5. The predicted octanol–water partition coefficient (Wildman–Crippen LogP) is 5.56. The zero-order valence-electron chi connectivity index (χ0n) is 19.3. The van der Waals surface area contributed by atoms with Gasteiger partial charge in [0.2, 0.25) is 0 Å². The van der Waals surface area contributed by atoms with Crippen molar-refractivity contribution in [2.75, 3.05) is 5.88 Å². The van der Waals surface area contributed by atoms with Gasteiger partial charge in [-0.05, 0) is 41.0 Å². The molecule has 2 aromatic heterocycles. The molecule has 0 atom stereocenters. The first-order chi connectivity index (χ1) is 13.7. The minimum absolute atomic E-state index is 0. The standard InChI is InChI=1S/C24H29ClN2O3.Re/c1-13(28)18-20(24(6,7)8)19(17(30)12-25)22(27-21(18)14(2)29)16-11-15(9-10-26-16)23(3,4)5;/h9-11H,12H2,1-8H3;/q;+1. The second-order valence-electron chi connectivity index (χ2n) is 9.53. The summed E-state index contributed by atoms with van der Waals surface area (Å²) in [5.74, 6) is -1.29. The third kappa shape index (κ3) is 5.74. The molecule has 0 unspecified atom stereocenters. The Morgan fingerprint density at radius 3 is 1.94 bits per heavy atom. The number of Topliss-reactive ketones (excluding diaryl/α,β-unsaturated/α-hetero) is 3. The van der Waals surface area contributed by atoms with Crippen LogP contribution < -0.4 is 0 Å². The Hall–Kier alpha value is -1.74. The van der Waals surface area contributed by atoms with Gasteiger partial charge < -0.3 is 0 Å². The van der Waals surface area contributed by atoms with E-state index >= 15 is 0 Å². The molecular weight excluding hydrogens is 586 g/mol. The molecule has 0 saturated heterocycles. The second-order valence-corrected chi connectivity index (χ2v) is 9.80. The smallest absolute Gasteiger partial charge is 0.294 e. The van der Waals surface area contributed by atoms with E-state index in [0.717, 1.165) is 5.56 Å². The van der Waals surface area contributed by atoms with Crippen LogP contribution in [0.1, 0.15) is 97.7 Å². The average Bonchev–Trinajstić information content (AvgIpc) is 2.64. The van der Waals surface area contributed by atoms with Crippen molar-refractivity contribution in [2.45, 2.75) is 66.2 Å². The number of halogens is 1. The zero-order chi connectivity index (χ0) is 23.0. The van der Waals surface area contributed by atoms with Crippen molar-refractivity contribution in [2.24, 2.45) is 0 Å². The molecule has 0 bridgehead atoms. The molecule has 2 aromatic rings. The summed E-state index contributed by atoms with van der Waals surface area (Å²) in [6, 6.07) is 3.78. The van der Waals surface area contributed by atoms with E-state index in [0.29, 0.717) is 11.3 Å². The molecule has 2 rings (SSSR count). The zero-order valence-corrected chi connectivity index (χ0v) is 22.8. The topological polar surface area (TPSA) is 77.0 Å². The van der Waals surface area contributed by atoms with Gasteiger partial charge in [-0.2, -0.15) is 0 Å². The average molecular weight is 615 g/mol. The van der Waals surface area contributed by atoms with E-state index in [1.807, 2.05) is 32.9 Å². The third-order valence-corrected chi connectivity index (χ3v) is 5.14. The Balaban J connectivity index is 0.00000480. The summed E-state index contributed by atoms with van der Waals surface area (Å²) in [4.78, 5) is 47.0. The largest absolute Gasteiger partial charge is 1.00 e. The summed E-state index contributed by atoms with van der Waals surface area (Å²) in [5.41, 5.74) is 1.98. The van der Waals surface area contributed by atoms with Crippen LogP contribution in [0, 0.1) is 0 Å². The first kappa shape index (κ1) is 27.3. The predicted molar refractivity (Wildman–Crippen MR) is 120 cm³/mol. The van der Waals surface area contributed by atoms with E-state index in [-0.39, 0.29) is 71.6 Å². The third-order valence-electron chi connectivity index (χ3n) is 4.90. The number of hydrogen-bond donors (Lipinski definition) is 0. The number of ketones is 3. The maximum Gasteiger partial charge on any atom is 1.00 e. The van der Waals surface area contributed by atoms with Crippen LogP contribution in [0.15, 0.2) is 18.3 Å². The van der Waals surface area contributed by atoms with Gasteiger partial charge in [0.05, 0.1) is 22.7 Å². The monoisotopic (exact) mass is 615 g/mol. The first-order valence-corrected chi connectivity index (χ1v) is 10.4. The van der Waals surface area contributed by atoms with Crippen molar-refractivity contribution in [3.05, 3.63) is 46.3 Å². The van der Waals surface area contributed by atoms with Crippen LogP contribution in [0.4, 0.5) is 0 Å². The Morgan fingerprint density at radius 1 is 0.935 bits per heavy atom. The Labute approximate surface area is 203 Å². The molecule has 0 aliphatic heterocycles. The van der Waals surface area contributed by atoms with E-state index in [2.05, 4.69) is 30.7 Å². The van der Waals surface area contributed by atoms with Gasteiger partial charge in [0.1, 0.15) is 11.4 Å². The van der Waals surface area contributed by atoms with Crippen LogP contribution in [-0.2, 0) is 31.3 Å². The fraction of sp³-hybridized carbons (Fsp3) is 0.458. The van der Waals surface area contributed by atoms with Gasteiger partial charge in [0.25, 0.3) is 0 Å². The summed E-state index contributed by atoms with van der Waals surface area (Å²) < 4.78 is 0. The van der Waals surface area contributed by atoms with Crippen molar-refractivity contribution in [3.8, 4) is 11.4 Å². The SMILES string of the molecule is CC(=O)c1nc(-c2cc(C(C)(C)C)ccn2)c(C(=O)CCl)c(C(C)(C)C)c1C(C)=O.[Re+]. The van der Waals surface area contributed by atoms with Gasteiger partial charge in [-0.15, -0.1) is 11.6 Å². The molecule has 7 heteroatoms. The number of carbonyl (C=O) groups is 3. The van der Waals surface area contributed by atoms with Gasteiger partial charge in [-0.25, -0.2) is 4.98 Å². The molecule has 2 heterocycles. The molecule has 0 aliphatic carbocycles. The first-order valence-electron chi connectivity index (χ1n) is 9.86. The molecule has 0 spiro atoms. The van der Waals surface area contributed by atoms with Gasteiger partial charge in [0.15, 0.2) is 17.3 Å². The molecule has 31 heavy (non-hydrogen) atoms. The minimum Gasteiger partial charge on any atom is -0.294 e. The fourth-order valence-corrected chi connectivity index (χ4v) is 3.62. The maximum absolute atomic E-state index is 13.0. The molecular formula is C24H29ClN2O3Re+. The molecule has 0 N–H and O–H groups in total. The molecule has 0 radical (unpaired) electrons. The van der Waals surface area contributed by atoms with Crippen molar-refractivity contribution >= 4 is 29.0 Å². The van der Waals surface area contributed by atoms with Gasteiger partial charge in [-0.1, -0.05) is 41.5 Å². The van der Waals surface area contributed by atoms with Crippen molar-refractivity contribution in [3.63, 3.8) is 0 Å². The molecule has 0 fully saturated rings. The Kier molecular flexibility index (Phi) is 8.64. The van der Waals surface area contributed by atoms with Crippen molar-refractivity contribution in [1.82, 2.24) is 9.97 Å². The van der Waals surface area contributed by atoms with Gasteiger partial charge in [0, 0.05) is 13.1 Å². The van der Waals surface area contributed by atoms with E-state index < -0.39 is 5.41 Å². The number of hydrogen-bond acceptors (Lipinski definition) is 5. The van der Waals surface area contributed by atoms with Crippen LogP contribution in [0.2, 0.25) is 0 Å². The number of carbonyl (C=O) groups excluding carboxylic acids is 3. The van der Waals surface area contributed by atoms with Crippen LogP contribution >= 0.6 is 11.6 Å². The number of nitrogens with zero attached hydrogens (tertiary/aromatic N) is 2. The van der Waals surface area contributed by atoms with Crippen molar-refractivity contribution in [1.29, 1.82) is 0 Å². The summed E-state index contributed by atoms with van der Waals surface area (Å²) in [6.45, 7) is 14.7. The molecule has 166 valence electrons. The van der Waals surface area contributed by atoms with Crippen molar-refractivity contribution < 1.29 is 34.8 Å².